The molecule has 0 fully saturated rings. The Morgan fingerprint density at radius 3 is 3.33 bits per heavy atom. The summed E-state index contributed by atoms with van der Waals surface area (Å²) in [5.74, 6) is 0. The van der Waals surface area contributed by atoms with Gasteiger partial charge >= 0.3 is 0 Å². The predicted octanol–water partition coefficient (Wildman–Crippen LogP) is 2.50. The monoisotopic (exact) mass is 132 g/mol. The molecule has 0 amide bonds. The van der Waals surface area contributed by atoms with Gasteiger partial charge in [0.25, 0.3) is 0 Å². The van der Waals surface area contributed by atoms with Gasteiger partial charge in [-0.3, -0.25) is 0 Å². The van der Waals surface area contributed by atoms with E-state index >= 15 is 0 Å². The molecular weight excluding hydrogens is 128 g/mol. The molecular formula is C8H4S. The van der Waals surface area contributed by atoms with Crippen molar-refractivity contribution >= 4 is 21.4 Å². The van der Waals surface area contributed by atoms with Crippen LogP contribution in [0, 0.1) is 11.4 Å². The Morgan fingerprint density at radius 2 is 2.44 bits per heavy atom. The van der Waals surface area contributed by atoms with Crippen LogP contribution < -0.4 is 0 Å². The summed E-state index contributed by atoms with van der Waals surface area (Å²) in [5, 5.41) is 4.22. The van der Waals surface area contributed by atoms with Gasteiger partial charge in [-0.25, -0.2) is 0 Å². The van der Waals surface area contributed by atoms with Crippen molar-refractivity contribution in [2.45, 2.75) is 0 Å². The van der Waals surface area contributed by atoms with Crippen LogP contribution in [0.25, 0.3) is 10.1 Å². The summed E-state index contributed by atoms with van der Waals surface area (Å²) in [6.45, 7) is 0. The summed E-state index contributed by atoms with van der Waals surface area (Å²) in [5.41, 5.74) is 0. The summed E-state index contributed by atoms with van der Waals surface area (Å²) >= 11 is 1.63. The molecule has 0 atom stereocenters. The molecule has 2 radical (unpaired) electrons. The average molecular weight is 132 g/mol. The normalized spacial score (nSPS) is 10.2. The Hall–Kier alpha value is -0.820. The summed E-state index contributed by atoms with van der Waals surface area (Å²) in [7, 11) is 0. The molecule has 0 N–H and O–H groups in total. The third-order valence-corrected chi connectivity index (χ3v) is 2.03. The summed E-state index contributed by atoms with van der Waals surface area (Å²) < 4.78 is 1.26. The zero-order valence-electron chi connectivity index (χ0n) is 4.72. The maximum Gasteiger partial charge on any atom is 0.0455 e. The zero-order chi connectivity index (χ0) is 6.10. The van der Waals surface area contributed by atoms with Crippen molar-refractivity contribution in [2.75, 3.05) is 0 Å². The lowest BCUT2D eigenvalue weighted by Crippen LogP contribution is -1.57. The molecule has 0 aliphatic heterocycles. The van der Waals surface area contributed by atoms with Gasteiger partial charge in [0.05, 0.1) is 0 Å². The second-order valence-electron chi connectivity index (χ2n) is 1.81. The minimum Gasteiger partial charge on any atom is -0.134 e. The molecule has 2 aromatic rings. The van der Waals surface area contributed by atoms with E-state index in [0.29, 0.717) is 0 Å². The van der Waals surface area contributed by atoms with Crippen molar-refractivity contribution in [2.24, 2.45) is 0 Å². The van der Waals surface area contributed by atoms with E-state index in [1.54, 1.807) is 11.3 Å². The topological polar surface area (TPSA) is 0 Å². The molecule has 0 nitrogen and oxygen atoms in total. The lowest BCUT2D eigenvalue weighted by atomic mass is 10.3. The second kappa shape index (κ2) is 1.85. The van der Waals surface area contributed by atoms with Crippen LogP contribution in [-0.4, -0.2) is 0 Å². The molecule has 0 spiro atoms. The van der Waals surface area contributed by atoms with Crippen LogP contribution in [0.3, 0.4) is 0 Å². The van der Waals surface area contributed by atoms with Crippen LogP contribution in [0.4, 0.5) is 0 Å². The van der Waals surface area contributed by atoms with E-state index in [2.05, 4.69) is 17.5 Å². The van der Waals surface area contributed by atoms with Crippen molar-refractivity contribution in [1.82, 2.24) is 0 Å². The standard InChI is InChI=1S/C8H4S/c1-2-4-8-7(3-1)5-6-9-8/h1-2,4-5H. The number of thiophene rings is 1. The van der Waals surface area contributed by atoms with Crippen LogP contribution in [0.15, 0.2) is 24.3 Å². The first kappa shape index (κ1) is 5.00. The minimum atomic E-state index is 1.17. The predicted molar refractivity (Wildman–Crippen MR) is 39.5 cm³/mol. The molecule has 0 saturated heterocycles. The molecule has 0 unspecified atom stereocenters. The number of fused-ring (bicyclic) bond motifs is 1. The molecule has 0 aliphatic rings. The Labute approximate surface area is 57.8 Å². The van der Waals surface area contributed by atoms with E-state index < -0.39 is 0 Å². The third kappa shape index (κ3) is 0.736. The van der Waals surface area contributed by atoms with E-state index in [9.17, 15) is 0 Å². The Kier molecular flexibility index (Phi) is 1.03. The van der Waals surface area contributed by atoms with Gasteiger partial charge in [0, 0.05) is 15.5 Å². The first-order valence-electron chi connectivity index (χ1n) is 2.73. The maximum atomic E-state index is 3.11. The number of hydrogen-bond acceptors (Lipinski definition) is 1. The van der Waals surface area contributed by atoms with Crippen molar-refractivity contribution in [3.63, 3.8) is 0 Å². The largest absolute Gasteiger partial charge is 0.134 e. The Morgan fingerprint density at radius 1 is 1.44 bits per heavy atom. The highest BCUT2D eigenvalue weighted by atomic mass is 32.1. The fourth-order valence-corrected chi connectivity index (χ4v) is 1.47. The van der Waals surface area contributed by atoms with Crippen molar-refractivity contribution in [3.05, 3.63) is 35.7 Å². The first-order valence-corrected chi connectivity index (χ1v) is 3.55. The average Bonchev–Trinajstić information content (AvgIpc) is 2.33. The van der Waals surface area contributed by atoms with Crippen molar-refractivity contribution < 1.29 is 0 Å². The quantitative estimate of drug-likeness (QED) is 0.516. The van der Waals surface area contributed by atoms with E-state index in [1.807, 2.05) is 18.2 Å². The molecule has 0 aliphatic carbocycles. The first-order chi connectivity index (χ1) is 4.47. The molecule has 9 heavy (non-hydrogen) atoms. The second-order valence-corrected chi connectivity index (χ2v) is 2.69. The number of hydrogen-bond donors (Lipinski definition) is 0. The zero-order valence-corrected chi connectivity index (χ0v) is 5.53. The summed E-state index contributed by atoms with van der Waals surface area (Å²) in [6.07, 6.45) is 0. The van der Waals surface area contributed by atoms with Gasteiger partial charge < -0.3 is 0 Å². The highest BCUT2D eigenvalue weighted by molar-refractivity contribution is 7.16. The van der Waals surface area contributed by atoms with Crippen LogP contribution >= 0.6 is 11.3 Å². The number of rotatable bonds is 0. The van der Waals surface area contributed by atoms with Gasteiger partial charge in [0.15, 0.2) is 0 Å². The molecule has 1 aromatic heterocycles. The minimum absolute atomic E-state index is 1.17. The molecule has 0 saturated carbocycles. The highest BCUT2D eigenvalue weighted by Gasteiger charge is 1.89. The fourth-order valence-electron chi connectivity index (χ4n) is 0.788. The molecule has 1 heterocycles. The lowest BCUT2D eigenvalue weighted by molar-refractivity contribution is 1.83. The van der Waals surface area contributed by atoms with Crippen molar-refractivity contribution in [1.29, 1.82) is 0 Å². The Bertz CT molecular complexity index is 279. The highest BCUT2D eigenvalue weighted by Crippen LogP contribution is 2.17. The van der Waals surface area contributed by atoms with Gasteiger partial charge in [-0.05, 0) is 18.2 Å². The van der Waals surface area contributed by atoms with Gasteiger partial charge in [0.1, 0.15) is 0 Å². The van der Waals surface area contributed by atoms with Gasteiger partial charge in [-0.15, -0.1) is 11.3 Å². The molecule has 1 heteroatoms. The molecule has 1 aromatic carbocycles. The molecule has 0 bridgehead atoms. The summed E-state index contributed by atoms with van der Waals surface area (Å²) in [6, 6.07) is 11.1. The maximum absolute atomic E-state index is 3.11. The van der Waals surface area contributed by atoms with E-state index in [4.69, 9.17) is 0 Å². The van der Waals surface area contributed by atoms with Crippen molar-refractivity contribution in [3.8, 4) is 0 Å². The van der Waals surface area contributed by atoms with E-state index in [0.717, 1.165) is 0 Å². The third-order valence-electron chi connectivity index (χ3n) is 1.22. The van der Waals surface area contributed by atoms with Crippen LogP contribution in [0.1, 0.15) is 0 Å². The molecule has 42 valence electrons. The van der Waals surface area contributed by atoms with Crippen LogP contribution in [0.2, 0.25) is 0 Å². The van der Waals surface area contributed by atoms with Gasteiger partial charge in [-0.1, -0.05) is 12.1 Å². The van der Waals surface area contributed by atoms with Gasteiger partial charge in [-0.2, -0.15) is 0 Å². The van der Waals surface area contributed by atoms with Crippen LogP contribution in [-0.2, 0) is 0 Å². The molecule has 2 rings (SSSR count). The van der Waals surface area contributed by atoms with Crippen LogP contribution in [0.5, 0.6) is 0 Å². The van der Waals surface area contributed by atoms with E-state index in [-0.39, 0.29) is 0 Å². The smallest absolute Gasteiger partial charge is 0.0455 e. The Balaban J connectivity index is 2.95. The fraction of sp³-hybridized carbons (Fsp3) is 0. The number of benzene rings is 1. The lowest BCUT2D eigenvalue weighted by Gasteiger charge is -1.81. The van der Waals surface area contributed by atoms with E-state index in [1.165, 1.54) is 10.1 Å². The summed E-state index contributed by atoms with van der Waals surface area (Å²) in [4.78, 5) is 0. The van der Waals surface area contributed by atoms with Gasteiger partial charge in [0.2, 0.25) is 0 Å². The SMILES string of the molecule is [c]1cc2[c]cccc2s1.